The molecule has 0 spiro atoms. The van der Waals surface area contributed by atoms with E-state index in [9.17, 15) is 4.79 Å². The van der Waals surface area contributed by atoms with E-state index >= 15 is 0 Å². The number of amides is 1. The first-order valence-corrected chi connectivity index (χ1v) is 4.76. The quantitative estimate of drug-likeness (QED) is 0.600. The van der Waals surface area contributed by atoms with Gasteiger partial charge in [-0.25, -0.2) is 0 Å². The van der Waals surface area contributed by atoms with E-state index in [2.05, 4.69) is 11.9 Å². The molecule has 0 aromatic heterocycles. The summed E-state index contributed by atoms with van der Waals surface area (Å²) in [5.41, 5.74) is 0.585. The highest BCUT2D eigenvalue weighted by atomic mass is 35.5. The van der Waals surface area contributed by atoms with Gasteiger partial charge >= 0.3 is 0 Å². The molecule has 14 heavy (non-hydrogen) atoms. The van der Waals surface area contributed by atoms with Crippen molar-refractivity contribution in [2.45, 2.75) is 6.42 Å². The Hall–Kier alpha value is -1.28. The maximum absolute atomic E-state index is 11.5. The first-order valence-electron chi connectivity index (χ1n) is 4.38. The molecule has 0 bridgehead atoms. The van der Waals surface area contributed by atoms with Gasteiger partial charge in [-0.2, -0.15) is 0 Å². The first kappa shape index (κ1) is 10.8. The first-order chi connectivity index (χ1) is 6.74. The van der Waals surface area contributed by atoms with Crippen molar-refractivity contribution in [1.29, 1.82) is 0 Å². The molecule has 0 aliphatic carbocycles. The summed E-state index contributed by atoms with van der Waals surface area (Å²) < 4.78 is 0. The third kappa shape index (κ3) is 3.23. The smallest absolute Gasteiger partial charge is 0.251 e. The van der Waals surface area contributed by atoms with Crippen molar-refractivity contribution in [3.8, 4) is 0 Å². The Morgan fingerprint density at radius 1 is 1.57 bits per heavy atom. The van der Waals surface area contributed by atoms with Gasteiger partial charge in [0, 0.05) is 17.1 Å². The van der Waals surface area contributed by atoms with Gasteiger partial charge in [-0.05, 0) is 24.6 Å². The monoisotopic (exact) mass is 209 g/mol. The van der Waals surface area contributed by atoms with Crippen molar-refractivity contribution in [3.63, 3.8) is 0 Å². The number of rotatable bonds is 4. The summed E-state index contributed by atoms with van der Waals surface area (Å²) in [5.74, 6) is -0.102. The second kappa shape index (κ2) is 5.45. The minimum Gasteiger partial charge on any atom is -0.352 e. The highest BCUT2D eigenvalue weighted by molar-refractivity contribution is 6.30. The van der Waals surface area contributed by atoms with Crippen molar-refractivity contribution in [2.75, 3.05) is 6.54 Å². The lowest BCUT2D eigenvalue weighted by Crippen LogP contribution is -2.23. The van der Waals surface area contributed by atoms with Gasteiger partial charge in [0.25, 0.3) is 5.91 Å². The summed E-state index contributed by atoms with van der Waals surface area (Å²) in [6.07, 6.45) is 2.53. The van der Waals surface area contributed by atoms with Crippen molar-refractivity contribution >= 4 is 17.5 Å². The van der Waals surface area contributed by atoms with Crippen LogP contribution in [0.5, 0.6) is 0 Å². The zero-order chi connectivity index (χ0) is 10.4. The third-order valence-electron chi connectivity index (χ3n) is 1.72. The van der Waals surface area contributed by atoms with Gasteiger partial charge in [0.1, 0.15) is 0 Å². The van der Waals surface area contributed by atoms with E-state index in [0.29, 0.717) is 17.1 Å². The fraction of sp³-hybridized carbons (Fsp3) is 0.182. The minimum atomic E-state index is -0.102. The van der Waals surface area contributed by atoms with Crippen LogP contribution in [-0.2, 0) is 0 Å². The van der Waals surface area contributed by atoms with Crippen LogP contribution in [0.3, 0.4) is 0 Å². The van der Waals surface area contributed by atoms with Crippen LogP contribution < -0.4 is 5.32 Å². The van der Waals surface area contributed by atoms with Crippen molar-refractivity contribution < 1.29 is 4.79 Å². The van der Waals surface area contributed by atoms with Gasteiger partial charge in [-0.1, -0.05) is 23.7 Å². The third-order valence-corrected chi connectivity index (χ3v) is 1.96. The molecule has 0 aliphatic heterocycles. The maximum Gasteiger partial charge on any atom is 0.251 e. The molecule has 0 aliphatic rings. The van der Waals surface area contributed by atoms with Crippen LogP contribution in [0, 0.1) is 0 Å². The lowest BCUT2D eigenvalue weighted by atomic mass is 10.2. The summed E-state index contributed by atoms with van der Waals surface area (Å²) in [4.78, 5) is 11.5. The largest absolute Gasteiger partial charge is 0.352 e. The number of nitrogens with one attached hydrogen (secondary N) is 1. The second-order valence-electron chi connectivity index (χ2n) is 2.84. The normalized spacial score (nSPS) is 9.50. The molecule has 1 N–H and O–H groups in total. The van der Waals surface area contributed by atoms with Crippen LogP contribution in [0.4, 0.5) is 0 Å². The Labute approximate surface area is 88.6 Å². The van der Waals surface area contributed by atoms with E-state index in [1.54, 1.807) is 30.3 Å². The second-order valence-corrected chi connectivity index (χ2v) is 3.28. The molecule has 1 amide bonds. The number of halogens is 1. The topological polar surface area (TPSA) is 29.1 Å². The Kier molecular flexibility index (Phi) is 4.20. The van der Waals surface area contributed by atoms with E-state index in [0.717, 1.165) is 6.42 Å². The molecular formula is C11H12ClNO. The fourth-order valence-corrected chi connectivity index (χ4v) is 1.21. The maximum atomic E-state index is 11.5. The lowest BCUT2D eigenvalue weighted by molar-refractivity contribution is 0.0954. The molecule has 0 radical (unpaired) electrons. The minimum absolute atomic E-state index is 0.102. The van der Waals surface area contributed by atoms with E-state index in [1.807, 2.05) is 0 Å². The number of carbonyl (C=O) groups is 1. The molecule has 0 saturated heterocycles. The van der Waals surface area contributed by atoms with E-state index < -0.39 is 0 Å². The van der Waals surface area contributed by atoms with E-state index in [1.165, 1.54) is 0 Å². The van der Waals surface area contributed by atoms with Gasteiger partial charge in [0.2, 0.25) is 0 Å². The molecule has 0 fully saturated rings. The highest BCUT2D eigenvalue weighted by Crippen LogP contribution is 2.10. The van der Waals surface area contributed by atoms with Crippen LogP contribution in [0.15, 0.2) is 36.9 Å². The molecule has 1 rings (SSSR count). The van der Waals surface area contributed by atoms with Crippen molar-refractivity contribution in [3.05, 3.63) is 47.5 Å². The zero-order valence-corrected chi connectivity index (χ0v) is 8.55. The number of carbonyl (C=O) groups excluding carboxylic acids is 1. The Balaban J connectivity index is 2.56. The molecule has 1 aromatic carbocycles. The van der Waals surface area contributed by atoms with Gasteiger partial charge in [-0.3, -0.25) is 4.79 Å². The van der Waals surface area contributed by atoms with E-state index in [-0.39, 0.29) is 5.91 Å². The summed E-state index contributed by atoms with van der Waals surface area (Å²) >= 11 is 5.75. The molecule has 0 saturated carbocycles. The standard InChI is InChI=1S/C11H12ClNO/c1-2-3-7-13-11(14)9-5-4-6-10(12)8-9/h2,4-6,8H,1,3,7H2,(H,13,14). The van der Waals surface area contributed by atoms with Crippen LogP contribution in [0.2, 0.25) is 5.02 Å². The molecule has 74 valence electrons. The summed E-state index contributed by atoms with van der Waals surface area (Å²) in [5, 5.41) is 3.33. The average Bonchev–Trinajstić information content (AvgIpc) is 2.18. The van der Waals surface area contributed by atoms with Crippen LogP contribution in [-0.4, -0.2) is 12.5 Å². The average molecular weight is 210 g/mol. The Morgan fingerprint density at radius 2 is 2.36 bits per heavy atom. The molecule has 1 aromatic rings. The SMILES string of the molecule is C=CCCNC(=O)c1cccc(Cl)c1. The number of hydrogen-bond donors (Lipinski definition) is 1. The van der Waals surface area contributed by atoms with Gasteiger partial charge in [0.05, 0.1) is 0 Å². The Bertz CT molecular complexity index is 336. The van der Waals surface area contributed by atoms with Crippen LogP contribution >= 0.6 is 11.6 Å². The zero-order valence-electron chi connectivity index (χ0n) is 7.79. The fourth-order valence-electron chi connectivity index (χ4n) is 1.02. The summed E-state index contributed by atoms with van der Waals surface area (Å²) in [6.45, 7) is 4.18. The van der Waals surface area contributed by atoms with E-state index in [4.69, 9.17) is 11.6 Å². The highest BCUT2D eigenvalue weighted by Gasteiger charge is 2.03. The summed E-state index contributed by atoms with van der Waals surface area (Å²) in [7, 11) is 0. The number of benzene rings is 1. The van der Waals surface area contributed by atoms with Crippen molar-refractivity contribution in [2.24, 2.45) is 0 Å². The molecule has 0 heterocycles. The predicted octanol–water partition coefficient (Wildman–Crippen LogP) is 2.65. The van der Waals surface area contributed by atoms with Crippen LogP contribution in [0.1, 0.15) is 16.8 Å². The van der Waals surface area contributed by atoms with Gasteiger partial charge < -0.3 is 5.32 Å². The molecule has 0 atom stereocenters. The lowest BCUT2D eigenvalue weighted by Gasteiger charge is -2.03. The van der Waals surface area contributed by atoms with Crippen LogP contribution in [0.25, 0.3) is 0 Å². The predicted molar refractivity (Wildman–Crippen MR) is 58.6 cm³/mol. The number of hydrogen-bond acceptors (Lipinski definition) is 1. The Morgan fingerprint density at radius 3 is 3.00 bits per heavy atom. The molecule has 0 unspecified atom stereocenters. The van der Waals surface area contributed by atoms with Gasteiger partial charge in [0.15, 0.2) is 0 Å². The summed E-state index contributed by atoms with van der Waals surface area (Å²) in [6, 6.07) is 6.87. The molecular weight excluding hydrogens is 198 g/mol. The molecule has 2 nitrogen and oxygen atoms in total. The van der Waals surface area contributed by atoms with Crippen molar-refractivity contribution in [1.82, 2.24) is 5.32 Å². The molecule has 3 heteroatoms. The van der Waals surface area contributed by atoms with Gasteiger partial charge in [-0.15, -0.1) is 6.58 Å².